The molecule has 0 saturated carbocycles. The molecule has 0 aromatic heterocycles. The van der Waals surface area contributed by atoms with Gasteiger partial charge in [-0.1, -0.05) is 42.5 Å². The molecule has 0 saturated heterocycles. The van der Waals surface area contributed by atoms with E-state index in [2.05, 4.69) is 38.2 Å². The van der Waals surface area contributed by atoms with E-state index < -0.39 is 6.10 Å². The molecule has 1 aliphatic carbocycles. The highest BCUT2D eigenvalue weighted by Crippen LogP contribution is 2.33. The minimum atomic E-state index is -0.597. The standard InChI is InChI=1S/C24H31NO3/c1-24(2,3)25-15-19(26)16-28-22-11-7-10-21-20(22)13-12-18(23(21)27)14-17-8-5-4-6-9-17/h4-11,18-19,25-26H,12-16H2,1-3H3/t18-,19+/m0/s1. The summed E-state index contributed by atoms with van der Waals surface area (Å²) in [6, 6.07) is 15.9. The van der Waals surface area contributed by atoms with Crippen LogP contribution in [0, 0.1) is 5.92 Å². The Hall–Kier alpha value is -2.17. The minimum absolute atomic E-state index is 0.0201. The average Bonchev–Trinajstić information content (AvgIpc) is 2.67. The molecule has 2 aromatic carbocycles. The molecule has 0 unspecified atom stereocenters. The van der Waals surface area contributed by atoms with Crippen molar-refractivity contribution in [2.75, 3.05) is 13.2 Å². The van der Waals surface area contributed by atoms with Gasteiger partial charge in [0.05, 0.1) is 0 Å². The first-order chi connectivity index (χ1) is 13.3. The van der Waals surface area contributed by atoms with Crippen LogP contribution < -0.4 is 10.1 Å². The third kappa shape index (κ3) is 5.43. The summed E-state index contributed by atoms with van der Waals surface area (Å²) in [6.07, 6.45) is 1.84. The summed E-state index contributed by atoms with van der Waals surface area (Å²) in [6.45, 7) is 6.86. The first-order valence-electron chi connectivity index (χ1n) is 10.1. The lowest BCUT2D eigenvalue weighted by atomic mass is 9.79. The predicted octanol–water partition coefficient (Wildman–Crippen LogP) is 3.80. The molecule has 0 heterocycles. The van der Waals surface area contributed by atoms with E-state index in [9.17, 15) is 9.90 Å². The number of carbonyl (C=O) groups is 1. The lowest BCUT2D eigenvalue weighted by molar-refractivity contribution is 0.0893. The van der Waals surface area contributed by atoms with Gasteiger partial charge in [-0.3, -0.25) is 4.79 Å². The van der Waals surface area contributed by atoms with Crippen LogP contribution in [0.3, 0.4) is 0 Å². The molecule has 0 fully saturated rings. The van der Waals surface area contributed by atoms with E-state index in [4.69, 9.17) is 4.74 Å². The van der Waals surface area contributed by atoms with E-state index in [-0.39, 0.29) is 23.8 Å². The Morgan fingerprint density at radius 1 is 1.14 bits per heavy atom. The van der Waals surface area contributed by atoms with Crippen LogP contribution in [0.4, 0.5) is 0 Å². The van der Waals surface area contributed by atoms with Gasteiger partial charge in [0.2, 0.25) is 0 Å². The summed E-state index contributed by atoms with van der Waals surface area (Å²) in [5.41, 5.74) is 2.90. The van der Waals surface area contributed by atoms with Crippen molar-refractivity contribution in [3.05, 3.63) is 65.2 Å². The van der Waals surface area contributed by atoms with Crippen LogP contribution in [-0.2, 0) is 12.8 Å². The lowest BCUT2D eigenvalue weighted by Crippen LogP contribution is -2.42. The minimum Gasteiger partial charge on any atom is -0.491 e. The number of aliphatic hydroxyl groups excluding tert-OH is 1. The van der Waals surface area contributed by atoms with E-state index in [1.807, 2.05) is 36.4 Å². The number of benzene rings is 2. The third-order valence-electron chi connectivity index (χ3n) is 5.14. The van der Waals surface area contributed by atoms with Crippen molar-refractivity contribution in [2.45, 2.75) is 51.7 Å². The number of hydrogen-bond donors (Lipinski definition) is 2. The van der Waals surface area contributed by atoms with Crippen molar-refractivity contribution in [2.24, 2.45) is 5.92 Å². The molecule has 4 heteroatoms. The Morgan fingerprint density at radius 2 is 1.89 bits per heavy atom. The molecule has 2 atom stereocenters. The van der Waals surface area contributed by atoms with Gasteiger partial charge in [-0.05, 0) is 51.7 Å². The molecule has 28 heavy (non-hydrogen) atoms. The Kier molecular flexibility index (Phi) is 6.53. The fourth-order valence-electron chi connectivity index (χ4n) is 3.62. The number of rotatable bonds is 7. The van der Waals surface area contributed by atoms with Crippen molar-refractivity contribution in [3.63, 3.8) is 0 Å². The first-order valence-corrected chi connectivity index (χ1v) is 10.1. The fourth-order valence-corrected chi connectivity index (χ4v) is 3.62. The molecule has 0 amide bonds. The number of aliphatic hydroxyl groups is 1. The van der Waals surface area contributed by atoms with Crippen molar-refractivity contribution in [1.82, 2.24) is 5.32 Å². The second-order valence-electron chi connectivity index (χ2n) is 8.67. The van der Waals surface area contributed by atoms with Crippen LogP contribution >= 0.6 is 0 Å². The molecule has 0 bridgehead atoms. The summed E-state index contributed by atoms with van der Waals surface area (Å²) in [7, 11) is 0. The smallest absolute Gasteiger partial charge is 0.166 e. The third-order valence-corrected chi connectivity index (χ3v) is 5.14. The number of hydrogen-bond acceptors (Lipinski definition) is 4. The van der Waals surface area contributed by atoms with Crippen molar-refractivity contribution in [1.29, 1.82) is 0 Å². The van der Waals surface area contributed by atoms with Crippen LogP contribution in [0.15, 0.2) is 48.5 Å². The molecule has 4 nitrogen and oxygen atoms in total. The summed E-state index contributed by atoms with van der Waals surface area (Å²) < 4.78 is 5.89. The van der Waals surface area contributed by atoms with Crippen molar-refractivity contribution in [3.8, 4) is 5.75 Å². The highest BCUT2D eigenvalue weighted by atomic mass is 16.5. The summed E-state index contributed by atoms with van der Waals surface area (Å²) in [5.74, 6) is 0.941. The van der Waals surface area contributed by atoms with Gasteiger partial charge < -0.3 is 15.2 Å². The van der Waals surface area contributed by atoms with Gasteiger partial charge in [0, 0.05) is 29.1 Å². The molecule has 0 spiro atoms. The van der Waals surface area contributed by atoms with E-state index in [0.29, 0.717) is 6.54 Å². The molecule has 2 aromatic rings. The van der Waals surface area contributed by atoms with Crippen LogP contribution in [0.1, 0.15) is 48.7 Å². The number of Topliss-reactive ketones (excluding diaryl/α,β-unsaturated/α-hetero) is 1. The second-order valence-corrected chi connectivity index (χ2v) is 8.67. The number of β-amino-alcohol motifs (C(OH)–C–C–N with tert-alkyl or cyclic N) is 1. The Balaban J connectivity index is 1.64. The van der Waals surface area contributed by atoms with Crippen LogP contribution in [0.25, 0.3) is 0 Å². The number of ether oxygens (including phenoxy) is 1. The van der Waals surface area contributed by atoms with Gasteiger partial charge in [0.1, 0.15) is 18.5 Å². The number of carbonyl (C=O) groups excluding carboxylic acids is 1. The van der Waals surface area contributed by atoms with Gasteiger partial charge >= 0.3 is 0 Å². The van der Waals surface area contributed by atoms with Gasteiger partial charge in [0.15, 0.2) is 5.78 Å². The van der Waals surface area contributed by atoms with Gasteiger partial charge in [-0.15, -0.1) is 0 Å². The van der Waals surface area contributed by atoms with E-state index in [1.165, 1.54) is 5.56 Å². The summed E-state index contributed by atoms with van der Waals surface area (Å²) in [4.78, 5) is 13.0. The highest BCUT2D eigenvalue weighted by molar-refractivity contribution is 6.01. The Morgan fingerprint density at radius 3 is 2.61 bits per heavy atom. The Labute approximate surface area is 167 Å². The maximum atomic E-state index is 13.0. The van der Waals surface area contributed by atoms with E-state index in [1.54, 1.807) is 0 Å². The highest BCUT2D eigenvalue weighted by Gasteiger charge is 2.29. The molecule has 2 N–H and O–H groups in total. The topological polar surface area (TPSA) is 58.6 Å². The predicted molar refractivity (Wildman–Crippen MR) is 112 cm³/mol. The molecular formula is C24H31NO3. The zero-order chi connectivity index (χ0) is 20.1. The summed E-state index contributed by atoms with van der Waals surface area (Å²) in [5, 5.41) is 13.5. The Bertz CT molecular complexity index is 795. The largest absolute Gasteiger partial charge is 0.491 e. The summed E-state index contributed by atoms with van der Waals surface area (Å²) >= 11 is 0. The second kappa shape index (κ2) is 8.89. The first kappa shape index (κ1) is 20.6. The molecular weight excluding hydrogens is 350 g/mol. The molecule has 1 aliphatic rings. The maximum Gasteiger partial charge on any atom is 0.166 e. The SMILES string of the molecule is CC(C)(C)NC[C@@H](O)COc1cccc2c1CC[C@@H](Cc1ccccc1)C2=O. The fraction of sp³-hybridized carbons (Fsp3) is 0.458. The van der Waals surface area contributed by atoms with Gasteiger partial charge in [0.25, 0.3) is 0 Å². The average molecular weight is 382 g/mol. The molecule has 0 radical (unpaired) electrons. The number of ketones is 1. The monoisotopic (exact) mass is 381 g/mol. The molecule has 150 valence electrons. The molecule has 3 rings (SSSR count). The van der Waals surface area contributed by atoms with Crippen molar-refractivity contribution >= 4 is 5.78 Å². The van der Waals surface area contributed by atoms with Crippen LogP contribution in [-0.4, -0.2) is 35.7 Å². The zero-order valence-electron chi connectivity index (χ0n) is 17.1. The molecule has 0 aliphatic heterocycles. The normalized spacial score (nSPS) is 17.9. The van der Waals surface area contributed by atoms with Crippen molar-refractivity contribution < 1.29 is 14.6 Å². The lowest BCUT2D eigenvalue weighted by Gasteiger charge is -2.26. The maximum absolute atomic E-state index is 13.0. The van der Waals surface area contributed by atoms with E-state index >= 15 is 0 Å². The van der Waals surface area contributed by atoms with Crippen LogP contribution in [0.5, 0.6) is 5.75 Å². The number of nitrogens with one attached hydrogen (secondary N) is 1. The van der Waals surface area contributed by atoms with Gasteiger partial charge in [-0.25, -0.2) is 0 Å². The number of fused-ring (bicyclic) bond motifs is 1. The quantitative estimate of drug-likeness (QED) is 0.766. The zero-order valence-corrected chi connectivity index (χ0v) is 17.1. The van der Waals surface area contributed by atoms with Gasteiger partial charge in [-0.2, -0.15) is 0 Å². The van der Waals surface area contributed by atoms with Crippen LogP contribution in [0.2, 0.25) is 0 Å². The van der Waals surface area contributed by atoms with E-state index in [0.717, 1.165) is 36.1 Å².